The molecular weight excluding hydrogens is 331 g/mol. The second kappa shape index (κ2) is 8.06. The third-order valence-corrected chi connectivity index (χ3v) is 6.45. The maximum Gasteiger partial charge on any atom is 0.171 e. The molecule has 1 unspecified atom stereocenters. The van der Waals surface area contributed by atoms with Crippen LogP contribution in [0.1, 0.15) is 39.2 Å². The van der Waals surface area contributed by atoms with Gasteiger partial charge in [-0.2, -0.15) is 5.26 Å². The first kappa shape index (κ1) is 20.6. The molecular formula is C17H25FN2O3S. The number of unbranched alkanes of at least 4 members (excludes halogenated alkanes) is 1. The molecule has 1 aromatic carbocycles. The molecule has 1 rings (SSSR count). The minimum absolute atomic E-state index is 0.0683. The van der Waals surface area contributed by atoms with Crippen LogP contribution in [-0.4, -0.2) is 32.1 Å². The Kier molecular flexibility index (Phi) is 6.90. The minimum atomic E-state index is -3.91. The fourth-order valence-corrected chi connectivity index (χ4v) is 3.57. The van der Waals surface area contributed by atoms with Gasteiger partial charge in [0.15, 0.2) is 14.6 Å². The van der Waals surface area contributed by atoms with Gasteiger partial charge in [-0.1, -0.05) is 31.5 Å². The second-order valence-electron chi connectivity index (χ2n) is 6.42. The number of sulfone groups is 1. The number of halogens is 1. The van der Waals surface area contributed by atoms with Crippen LogP contribution in [0, 0.1) is 17.1 Å². The Balaban J connectivity index is 3.20. The van der Waals surface area contributed by atoms with Gasteiger partial charge in [0.1, 0.15) is 5.82 Å². The first-order valence-electron chi connectivity index (χ1n) is 7.85. The highest BCUT2D eigenvalue weighted by atomic mass is 32.2. The van der Waals surface area contributed by atoms with E-state index in [1.807, 2.05) is 6.92 Å². The third kappa shape index (κ3) is 4.76. The van der Waals surface area contributed by atoms with Gasteiger partial charge in [0, 0.05) is 12.2 Å². The molecule has 7 heteroatoms. The monoisotopic (exact) mass is 356 g/mol. The van der Waals surface area contributed by atoms with Gasteiger partial charge in [-0.15, -0.1) is 0 Å². The van der Waals surface area contributed by atoms with Gasteiger partial charge in [-0.05, 0) is 26.3 Å². The Hall–Kier alpha value is -1.49. The van der Waals surface area contributed by atoms with Crippen molar-refractivity contribution in [2.45, 2.75) is 43.9 Å². The smallest absolute Gasteiger partial charge is 0.171 e. The molecule has 0 heterocycles. The van der Waals surface area contributed by atoms with Crippen LogP contribution in [0.3, 0.4) is 0 Å². The maximum atomic E-state index is 14.2. The van der Waals surface area contributed by atoms with Gasteiger partial charge in [-0.3, -0.25) is 0 Å². The molecule has 0 spiro atoms. The molecule has 1 aromatic rings. The number of hydrogen-bond acceptors (Lipinski definition) is 5. The van der Waals surface area contributed by atoms with Crippen LogP contribution in [0.5, 0.6) is 0 Å². The number of nitriles is 1. The van der Waals surface area contributed by atoms with Gasteiger partial charge < -0.3 is 10.5 Å². The van der Waals surface area contributed by atoms with E-state index in [0.29, 0.717) is 6.61 Å². The molecule has 1 atom stereocenters. The summed E-state index contributed by atoms with van der Waals surface area (Å²) < 4.78 is 43.3. The highest BCUT2D eigenvalue weighted by Crippen LogP contribution is 2.28. The lowest BCUT2D eigenvalue weighted by Gasteiger charge is -2.32. The standard InChI is InChI=1S/C17H25FN2O3S/c1-4-5-10-23-12-17(20,14-8-6-7-9-15(14)18)13-24(21,22)16(2,3)11-19/h6-9H,4-5,10,12-13,20H2,1-3H3. The van der Waals surface area contributed by atoms with Crippen molar-refractivity contribution in [3.05, 3.63) is 35.6 Å². The topological polar surface area (TPSA) is 93.2 Å². The molecule has 0 aliphatic carbocycles. The van der Waals surface area contributed by atoms with E-state index < -0.39 is 31.7 Å². The molecule has 0 bridgehead atoms. The van der Waals surface area contributed by atoms with Crippen LogP contribution in [-0.2, 0) is 20.1 Å². The van der Waals surface area contributed by atoms with Crippen molar-refractivity contribution in [2.24, 2.45) is 5.73 Å². The summed E-state index contributed by atoms with van der Waals surface area (Å²) in [6.45, 7) is 4.88. The maximum absolute atomic E-state index is 14.2. The largest absolute Gasteiger partial charge is 0.379 e. The molecule has 5 nitrogen and oxygen atoms in total. The molecule has 24 heavy (non-hydrogen) atoms. The van der Waals surface area contributed by atoms with Crippen molar-refractivity contribution in [3.63, 3.8) is 0 Å². The fraction of sp³-hybridized carbons (Fsp3) is 0.588. The number of rotatable bonds is 9. The van der Waals surface area contributed by atoms with Crippen molar-refractivity contribution in [3.8, 4) is 6.07 Å². The number of nitrogens with two attached hydrogens (primary N) is 1. The van der Waals surface area contributed by atoms with Crippen molar-refractivity contribution in [1.82, 2.24) is 0 Å². The number of hydrogen-bond donors (Lipinski definition) is 1. The quantitative estimate of drug-likeness (QED) is 0.686. The third-order valence-electron chi connectivity index (χ3n) is 3.91. The SMILES string of the molecule is CCCCOCC(N)(CS(=O)(=O)C(C)(C)C#N)c1ccccc1F. The zero-order valence-electron chi connectivity index (χ0n) is 14.4. The van der Waals surface area contributed by atoms with E-state index in [-0.39, 0.29) is 12.2 Å². The number of ether oxygens (including phenoxy) is 1. The Morgan fingerprint density at radius 3 is 2.50 bits per heavy atom. The summed E-state index contributed by atoms with van der Waals surface area (Å²) in [4.78, 5) is 0. The van der Waals surface area contributed by atoms with Crippen LogP contribution in [0.4, 0.5) is 4.39 Å². The predicted molar refractivity (Wildman–Crippen MR) is 91.5 cm³/mol. The normalized spacial score (nSPS) is 14.8. The molecule has 0 aromatic heterocycles. The van der Waals surface area contributed by atoms with Crippen molar-refractivity contribution in [1.29, 1.82) is 5.26 Å². The van der Waals surface area contributed by atoms with E-state index in [0.717, 1.165) is 12.8 Å². The molecule has 0 aliphatic heterocycles. The lowest BCUT2D eigenvalue weighted by atomic mass is 9.93. The van der Waals surface area contributed by atoms with E-state index in [4.69, 9.17) is 15.7 Å². The molecule has 0 saturated carbocycles. The number of benzene rings is 1. The van der Waals surface area contributed by atoms with Gasteiger partial charge in [0.05, 0.1) is 24.0 Å². The average Bonchev–Trinajstić information content (AvgIpc) is 2.51. The first-order valence-corrected chi connectivity index (χ1v) is 9.50. The fourth-order valence-electron chi connectivity index (χ4n) is 2.15. The predicted octanol–water partition coefficient (Wildman–Crippen LogP) is 2.51. The summed E-state index contributed by atoms with van der Waals surface area (Å²) in [5.41, 5.74) is 4.79. The average molecular weight is 356 g/mol. The summed E-state index contributed by atoms with van der Waals surface area (Å²) in [6, 6.07) is 7.54. The highest BCUT2D eigenvalue weighted by Gasteiger charge is 2.43. The van der Waals surface area contributed by atoms with Gasteiger partial charge >= 0.3 is 0 Å². The van der Waals surface area contributed by atoms with Crippen molar-refractivity contribution >= 4 is 9.84 Å². The lowest BCUT2D eigenvalue weighted by Crippen LogP contribution is -2.51. The van der Waals surface area contributed by atoms with E-state index >= 15 is 0 Å². The van der Waals surface area contributed by atoms with E-state index in [1.54, 1.807) is 12.1 Å². The first-order chi connectivity index (χ1) is 11.1. The Labute approximate surface area is 143 Å². The summed E-state index contributed by atoms with van der Waals surface area (Å²) in [5.74, 6) is -1.17. The molecule has 2 N–H and O–H groups in total. The van der Waals surface area contributed by atoms with Gasteiger partial charge in [0.2, 0.25) is 0 Å². The van der Waals surface area contributed by atoms with Crippen LogP contribution >= 0.6 is 0 Å². The van der Waals surface area contributed by atoms with Gasteiger partial charge in [-0.25, -0.2) is 12.8 Å². The zero-order chi connectivity index (χ0) is 18.4. The Morgan fingerprint density at radius 1 is 1.33 bits per heavy atom. The highest BCUT2D eigenvalue weighted by molar-refractivity contribution is 7.93. The summed E-state index contributed by atoms with van der Waals surface area (Å²) in [5, 5.41) is 9.12. The van der Waals surface area contributed by atoms with E-state index in [9.17, 15) is 12.8 Å². The number of nitrogens with zero attached hydrogens (tertiary/aromatic N) is 1. The van der Waals surface area contributed by atoms with Crippen LogP contribution in [0.25, 0.3) is 0 Å². The zero-order valence-corrected chi connectivity index (χ0v) is 15.2. The molecule has 0 amide bonds. The summed E-state index contributed by atoms with van der Waals surface area (Å²) in [6.07, 6.45) is 1.71. The Bertz CT molecular complexity index is 698. The molecule has 0 radical (unpaired) electrons. The second-order valence-corrected chi connectivity index (χ2v) is 8.96. The van der Waals surface area contributed by atoms with E-state index in [1.165, 1.54) is 32.0 Å². The minimum Gasteiger partial charge on any atom is -0.379 e. The summed E-state index contributed by atoms with van der Waals surface area (Å²) >= 11 is 0. The molecule has 0 saturated heterocycles. The van der Waals surface area contributed by atoms with Crippen LogP contribution in [0.2, 0.25) is 0 Å². The Morgan fingerprint density at radius 2 is 1.96 bits per heavy atom. The molecule has 134 valence electrons. The van der Waals surface area contributed by atoms with Gasteiger partial charge in [0.25, 0.3) is 0 Å². The van der Waals surface area contributed by atoms with Crippen LogP contribution in [0.15, 0.2) is 24.3 Å². The molecule has 0 fully saturated rings. The van der Waals surface area contributed by atoms with Crippen LogP contribution < -0.4 is 5.73 Å². The lowest BCUT2D eigenvalue weighted by molar-refractivity contribution is 0.0879. The van der Waals surface area contributed by atoms with Crippen molar-refractivity contribution in [2.75, 3.05) is 19.0 Å². The van der Waals surface area contributed by atoms with E-state index in [2.05, 4.69) is 0 Å². The summed E-state index contributed by atoms with van der Waals surface area (Å²) in [7, 11) is -3.91. The van der Waals surface area contributed by atoms with Crippen molar-refractivity contribution < 1.29 is 17.5 Å². The molecule has 0 aliphatic rings.